The van der Waals surface area contributed by atoms with Crippen LogP contribution < -0.4 is 0 Å². The number of ether oxygens (including phenoxy) is 4. The number of nitrogens with zero attached hydrogens (tertiary/aromatic N) is 4. The maximum absolute atomic E-state index is 13.2. The molecular formula is C19H24N4O5. The van der Waals surface area contributed by atoms with Crippen LogP contribution in [0.15, 0.2) is 18.6 Å². The molecule has 2 aromatic heterocycles. The minimum Gasteiger partial charge on any atom is -0.378 e. The van der Waals surface area contributed by atoms with Crippen LogP contribution >= 0.6 is 0 Å². The normalized spacial score (nSPS) is 32.0. The molecule has 5 heterocycles. The molecule has 3 aliphatic heterocycles. The van der Waals surface area contributed by atoms with E-state index in [9.17, 15) is 4.79 Å². The third-order valence-corrected chi connectivity index (χ3v) is 5.58. The minimum atomic E-state index is -0.783. The number of hydrogen-bond donors (Lipinski definition) is 0. The Morgan fingerprint density at radius 3 is 2.71 bits per heavy atom. The molecule has 9 heteroatoms. The molecular weight excluding hydrogens is 364 g/mol. The molecule has 0 radical (unpaired) electrons. The van der Waals surface area contributed by atoms with Crippen LogP contribution in [-0.4, -0.2) is 75.7 Å². The molecule has 0 aromatic carbocycles. The van der Waals surface area contributed by atoms with E-state index in [1.807, 2.05) is 37.6 Å². The molecule has 1 amide bonds. The Bertz CT molecular complexity index is 907. The summed E-state index contributed by atoms with van der Waals surface area (Å²) in [5.41, 5.74) is 1.65. The van der Waals surface area contributed by atoms with Gasteiger partial charge in [-0.3, -0.25) is 4.79 Å². The van der Waals surface area contributed by atoms with E-state index in [4.69, 9.17) is 18.9 Å². The smallest absolute Gasteiger partial charge is 0.254 e. The summed E-state index contributed by atoms with van der Waals surface area (Å²) in [5.74, 6) is -0.862. The van der Waals surface area contributed by atoms with Gasteiger partial charge in [-0.15, -0.1) is 0 Å². The van der Waals surface area contributed by atoms with Crippen molar-refractivity contribution in [1.82, 2.24) is 19.4 Å². The fourth-order valence-electron chi connectivity index (χ4n) is 4.27. The van der Waals surface area contributed by atoms with E-state index in [2.05, 4.69) is 9.97 Å². The lowest BCUT2D eigenvalue weighted by Gasteiger charge is -2.31. The van der Waals surface area contributed by atoms with Gasteiger partial charge in [0.15, 0.2) is 18.1 Å². The van der Waals surface area contributed by atoms with Gasteiger partial charge in [-0.25, -0.2) is 9.97 Å². The molecule has 0 bridgehead atoms. The third-order valence-electron chi connectivity index (χ3n) is 5.58. The summed E-state index contributed by atoms with van der Waals surface area (Å²) in [5, 5.41) is 0.948. The van der Waals surface area contributed by atoms with Crippen molar-refractivity contribution in [3.8, 4) is 0 Å². The summed E-state index contributed by atoms with van der Waals surface area (Å²) in [7, 11) is 0. The van der Waals surface area contributed by atoms with Crippen LogP contribution in [0.1, 0.15) is 25.8 Å². The highest BCUT2D eigenvalue weighted by Crippen LogP contribution is 2.44. The van der Waals surface area contributed by atoms with Crippen molar-refractivity contribution in [3.63, 3.8) is 0 Å². The average molecular weight is 388 g/mol. The van der Waals surface area contributed by atoms with Gasteiger partial charge < -0.3 is 28.4 Å². The first kappa shape index (κ1) is 18.0. The van der Waals surface area contributed by atoms with Crippen LogP contribution in [0.2, 0.25) is 0 Å². The number of amides is 1. The van der Waals surface area contributed by atoms with Crippen LogP contribution in [0, 0.1) is 6.92 Å². The molecule has 2 aromatic rings. The van der Waals surface area contributed by atoms with E-state index in [-0.39, 0.29) is 5.91 Å². The molecule has 0 saturated carbocycles. The van der Waals surface area contributed by atoms with Crippen LogP contribution in [0.3, 0.4) is 0 Å². The Labute approximate surface area is 162 Å². The SMILES string of the molecule is Cc1ncnc2c1ccn2[C@@H]1O[C@H](C(=O)N2CCOCC2)[C@H]2OC(C)(C)O[C@H]21. The predicted octanol–water partition coefficient (Wildman–Crippen LogP) is 1.02. The van der Waals surface area contributed by atoms with E-state index in [1.54, 1.807) is 4.90 Å². The Kier molecular flexibility index (Phi) is 4.16. The molecule has 0 spiro atoms. The monoisotopic (exact) mass is 388 g/mol. The van der Waals surface area contributed by atoms with Gasteiger partial charge in [0.1, 0.15) is 24.2 Å². The maximum atomic E-state index is 13.2. The highest BCUT2D eigenvalue weighted by Gasteiger charge is 2.58. The molecule has 0 unspecified atom stereocenters. The molecule has 3 saturated heterocycles. The number of aromatic nitrogens is 3. The van der Waals surface area contributed by atoms with Crippen LogP contribution in [-0.2, 0) is 23.7 Å². The van der Waals surface area contributed by atoms with Gasteiger partial charge in [0, 0.05) is 24.7 Å². The van der Waals surface area contributed by atoms with Gasteiger partial charge in [-0.1, -0.05) is 0 Å². The number of aryl methyl sites for hydroxylation is 1. The molecule has 0 N–H and O–H groups in total. The fraction of sp³-hybridized carbons (Fsp3) is 0.632. The fourth-order valence-corrected chi connectivity index (χ4v) is 4.27. The van der Waals surface area contributed by atoms with Crippen molar-refractivity contribution >= 4 is 16.9 Å². The molecule has 9 nitrogen and oxygen atoms in total. The second-order valence-corrected chi connectivity index (χ2v) is 7.87. The molecule has 5 rings (SSSR count). The Morgan fingerprint density at radius 1 is 1.18 bits per heavy atom. The van der Waals surface area contributed by atoms with Crippen LogP contribution in [0.25, 0.3) is 11.0 Å². The molecule has 3 fully saturated rings. The first-order valence-corrected chi connectivity index (χ1v) is 9.60. The molecule has 0 aliphatic carbocycles. The second-order valence-electron chi connectivity index (χ2n) is 7.87. The number of hydrogen-bond acceptors (Lipinski definition) is 7. The Hall–Kier alpha value is -2.07. The minimum absolute atomic E-state index is 0.0793. The van der Waals surface area contributed by atoms with E-state index in [0.29, 0.717) is 26.3 Å². The van der Waals surface area contributed by atoms with Gasteiger partial charge in [0.25, 0.3) is 5.91 Å². The first-order valence-electron chi connectivity index (χ1n) is 9.60. The topological polar surface area (TPSA) is 87.9 Å². The lowest BCUT2D eigenvalue weighted by molar-refractivity contribution is -0.201. The summed E-state index contributed by atoms with van der Waals surface area (Å²) < 4.78 is 25.8. The second kappa shape index (κ2) is 6.48. The van der Waals surface area contributed by atoms with Crippen molar-refractivity contribution in [2.45, 2.75) is 51.1 Å². The standard InChI is InChI=1S/C19H24N4O5/c1-11-12-4-5-23(16(12)21-10-20-11)18-15-13(27-19(2,3)28-15)14(26-18)17(24)22-6-8-25-9-7-22/h4-5,10,13-15,18H,6-9H2,1-3H3/t13-,14+,15-,18-/m1/s1. The Morgan fingerprint density at radius 2 is 1.93 bits per heavy atom. The molecule has 4 atom stereocenters. The number of morpholine rings is 1. The van der Waals surface area contributed by atoms with Crippen molar-refractivity contribution in [2.24, 2.45) is 0 Å². The van der Waals surface area contributed by atoms with Gasteiger partial charge in [-0.2, -0.15) is 0 Å². The summed E-state index contributed by atoms with van der Waals surface area (Å²) >= 11 is 0. The van der Waals surface area contributed by atoms with Gasteiger partial charge >= 0.3 is 0 Å². The molecule has 28 heavy (non-hydrogen) atoms. The predicted molar refractivity (Wildman–Crippen MR) is 97.4 cm³/mol. The van der Waals surface area contributed by atoms with Crippen LogP contribution in [0.5, 0.6) is 0 Å². The largest absolute Gasteiger partial charge is 0.378 e. The zero-order chi connectivity index (χ0) is 19.5. The number of fused-ring (bicyclic) bond motifs is 2. The van der Waals surface area contributed by atoms with E-state index < -0.39 is 30.3 Å². The van der Waals surface area contributed by atoms with E-state index >= 15 is 0 Å². The van der Waals surface area contributed by atoms with Gasteiger partial charge in [0.05, 0.1) is 18.9 Å². The highest BCUT2D eigenvalue weighted by atomic mass is 16.8. The van der Waals surface area contributed by atoms with Crippen molar-refractivity contribution < 1.29 is 23.7 Å². The average Bonchev–Trinajstić information content (AvgIpc) is 3.33. The van der Waals surface area contributed by atoms with Gasteiger partial charge in [0.2, 0.25) is 0 Å². The maximum Gasteiger partial charge on any atom is 0.254 e. The lowest BCUT2D eigenvalue weighted by Crippen LogP contribution is -2.49. The molecule has 150 valence electrons. The summed E-state index contributed by atoms with van der Waals surface area (Å²) in [4.78, 5) is 23.6. The molecule has 3 aliphatic rings. The van der Waals surface area contributed by atoms with Crippen molar-refractivity contribution in [2.75, 3.05) is 26.3 Å². The van der Waals surface area contributed by atoms with Crippen molar-refractivity contribution in [1.29, 1.82) is 0 Å². The Balaban J connectivity index is 1.50. The summed E-state index contributed by atoms with van der Waals surface area (Å²) in [6, 6.07) is 1.96. The lowest BCUT2D eigenvalue weighted by atomic mass is 10.1. The van der Waals surface area contributed by atoms with Gasteiger partial charge in [-0.05, 0) is 26.8 Å². The zero-order valence-corrected chi connectivity index (χ0v) is 16.2. The number of carbonyl (C=O) groups excluding carboxylic acids is 1. The van der Waals surface area contributed by atoms with Crippen LogP contribution in [0.4, 0.5) is 0 Å². The third kappa shape index (κ3) is 2.81. The first-order chi connectivity index (χ1) is 13.4. The number of carbonyl (C=O) groups is 1. The van der Waals surface area contributed by atoms with E-state index in [0.717, 1.165) is 16.7 Å². The quantitative estimate of drug-likeness (QED) is 0.759. The highest BCUT2D eigenvalue weighted by molar-refractivity contribution is 5.82. The summed E-state index contributed by atoms with van der Waals surface area (Å²) in [6.07, 6.45) is 1.33. The van der Waals surface area contributed by atoms with Crippen molar-refractivity contribution in [3.05, 3.63) is 24.3 Å². The summed E-state index contributed by atoms with van der Waals surface area (Å²) in [6.45, 7) is 7.86. The zero-order valence-electron chi connectivity index (χ0n) is 16.2. The number of rotatable bonds is 2. The van der Waals surface area contributed by atoms with E-state index in [1.165, 1.54) is 6.33 Å².